The average Bonchev–Trinajstić information content (AvgIpc) is 2.61. The molecule has 2 fully saturated rings. The zero-order valence-corrected chi connectivity index (χ0v) is 16.7. The first-order valence-corrected chi connectivity index (χ1v) is 10.8. The van der Waals surface area contributed by atoms with Crippen molar-refractivity contribution in [3.05, 3.63) is 29.8 Å². The number of carbonyl (C=O) groups is 1. The van der Waals surface area contributed by atoms with Gasteiger partial charge in [-0.2, -0.15) is 4.31 Å². The van der Waals surface area contributed by atoms with Gasteiger partial charge in [-0.05, 0) is 49.6 Å². The summed E-state index contributed by atoms with van der Waals surface area (Å²) in [4.78, 5) is 16.9. The van der Waals surface area contributed by atoms with Crippen molar-refractivity contribution >= 4 is 15.9 Å². The smallest absolute Gasteiger partial charge is 0.253 e. The van der Waals surface area contributed by atoms with Crippen LogP contribution in [0.5, 0.6) is 0 Å². The van der Waals surface area contributed by atoms with Gasteiger partial charge in [0.25, 0.3) is 5.91 Å². The molecule has 1 amide bonds. The largest absolute Gasteiger partial charge is 0.336 e. The van der Waals surface area contributed by atoms with E-state index in [1.54, 1.807) is 28.6 Å². The molecule has 6 nitrogen and oxygen atoms in total. The number of likely N-dealkylation sites (N-methyl/N-ethyl adjacent to an activating group) is 1. The van der Waals surface area contributed by atoms with Crippen molar-refractivity contribution < 1.29 is 13.2 Å². The van der Waals surface area contributed by atoms with Crippen molar-refractivity contribution in [2.75, 3.05) is 46.3 Å². The zero-order chi connectivity index (χ0) is 18.9. The van der Waals surface area contributed by atoms with Crippen molar-refractivity contribution in [2.45, 2.75) is 25.2 Å². The number of rotatable bonds is 3. The van der Waals surface area contributed by atoms with Crippen molar-refractivity contribution in [3.63, 3.8) is 0 Å². The van der Waals surface area contributed by atoms with Crippen molar-refractivity contribution in [2.24, 2.45) is 11.8 Å². The van der Waals surface area contributed by atoms with Crippen LogP contribution < -0.4 is 0 Å². The third-order valence-electron chi connectivity index (χ3n) is 5.36. The number of piperazine rings is 1. The lowest BCUT2D eigenvalue weighted by Crippen LogP contribution is -2.47. The average molecular weight is 380 g/mol. The number of carbonyl (C=O) groups excluding carboxylic acids is 1. The SMILES string of the molecule is C[C@H]1C[C@H](C)CN(S(=O)(=O)c2ccc(C(=O)N3CCN(C)CC3)cc2)C1. The summed E-state index contributed by atoms with van der Waals surface area (Å²) in [5.74, 6) is 0.709. The van der Waals surface area contributed by atoms with Crippen LogP contribution in [-0.2, 0) is 10.0 Å². The third-order valence-corrected chi connectivity index (χ3v) is 7.21. The van der Waals surface area contributed by atoms with Crippen LogP contribution in [0.25, 0.3) is 0 Å². The lowest BCUT2D eigenvalue weighted by atomic mass is 9.94. The molecular formula is C19H29N3O3S. The number of benzene rings is 1. The summed E-state index contributed by atoms with van der Waals surface area (Å²) in [6.45, 7) is 8.46. The fourth-order valence-corrected chi connectivity index (χ4v) is 5.59. The number of amides is 1. The van der Waals surface area contributed by atoms with Gasteiger partial charge in [0, 0.05) is 44.8 Å². The van der Waals surface area contributed by atoms with E-state index in [2.05, 4.69) is 18.7 Å². The Balaban J connectivity index is 1.73. The van der Waals surface area contributed by atoms with Crippen LogP contribution in [-0.4, -0.2) is 74.7 Å². The fourth-order valence-electron chi connectivity index (χ4n) is 3.91. The van der Waals surface area contributed by atoms with Crippen molar-refractivity contribution in [3.8, 4) is 0 Å². The predicted molar refractivity (Wildman–Crippen MR) is 102 cm³/mol. The summed E-state index contributed by atoms with van der Waals surface area (Å²) >= 11 is 0. The Morgan fingerprint density at radius 3 is 2.04 bits per heavy atom. The number of piperidine rings is 1. The standard InChI is InChI=1S/C19H29N3O3S/c1-15-12-16(2)14-22(13-15)26(24,25)18-6-4-17(5-7-18)19(23)21-10-8-20(3)9-11-21/h4-7,15-16H,8-14H2,1-3H3/t15-,16-/m0/s1. The van der Waals surface area contributed by atoms with Gasteiger partial charge in [-0.1, -0.05) is 13.8 Å². The molecule has 0 unspecified atom stereocenters. The quantitative estimate of drug-likeness (QED) is 0.803. The van der Waals surface area contributed by atoms with Crippen LogP contribution in [0.3, 0.4) is 0 Å². The first-order chi connectivity index (χ1) is 12.3. The van der Waals surface area contributed by atoms with E-state index in [0.29, 0.717) is 43.6 Å². The van der Waals surface area contributed by atoms with Gasteiger partial charge in [-0.15, -0.1) is 0 Å². The Morgan fingerprint density at radius 1 is 0.962 bits per heavy atom. The lowest BCUT2D eigenvalue weighted by molar-refractivity contribution is 0.0664. The molecule has 1 aromatic carbocycles. The van der Waals surface area contributed by atoms with Gasteiger partial charge >= 0.3 is 0 Å². The highest BCUT2D eigenvalue weighted by molar-refractivity contribution is 7.89. The molecule has 2 atom stereocenters. The molecule has 0 radical (unpaired) electrons. The minimum Gasteiger partial charge on any atom is -0.336 e. The van der Waals surface area contributed by atoms with E-state index in [0.717, 1.165) is 19.5 Å². The van der Waals surface area contributed by atoms with Crippen molar-refractivity contribution in [1.29, 1.82) is 0 Å². The van der Waals surface area contributed by atoms with Gasteiger partial charge in [-0.25, -0.2) is 8.42 Å². The molecule has 7 heteroatoms. The second-order valence-electron chi connectivity index (χ2n) is 7.89. The van der Waals surface area contributed by atoms with Gasteiger partial charge in [0.2, 0.25) is 10.0 Å². The number of hydrogen-bond donors (Lipinski definition) is 0. The molecule has 3 rings (SSSR count). The molecule has 2 heterocycles. The summed E-state index contributed by atoms with van der Waals surface area (Å²) in [5, 5.41) is 0. The second-order valence-corrected chi connectivity index (χ2v) is 9.83. The van der Waals surface area contributed by atoms with E-state index >= 15 is 0 Å². The normalized spacial score (nSPS) is 26.0. The minimum atomic E-state index is -3.50. The zero-order valence-electron chi connectivity index (χ0n) is 15.9. The topological polar surface area (TPSA) is 60.9 Å². The Kier molecular flexibility index (Phi) is 5.69. The van der Waals surface area contributed by atoms with E-state index in [9.17, 15) is 13.2 Å². The Labute approximate surface area is 156 Å². The van der Waals surface area contributed by atoms with Crippen LogP contribution in [0.15, 0.2) is 29.2 Å². The molecule has 1 aromatic rings. The minimum absolute atomic E-state index is 0.0257. The maximum Gasteiger partial charge on any atom is 0.253 e. The molecule has 0 aromatic heterocycles. The van der Waals surface area contributed by atoms with E-state index < -0.39 is 10.0 Å². The highest BCUT2D eigenvalue weighted by Crippen LogP contribution is 2.26. The molecule has 2 saturated heterocycles. The lowest BCUT2D eigenvalue weighted by Gasteiger charge is -2.34. The van der Waals surface area contributed by atoms with Gasteiger partial charge in [-0.3, -0.25) is 4.79 Å². The van der Waals surface area contributed by atoms with E-state index in [1.165, 1.54) is 0 Å². The van der Waals surface area contributed by atoms with Gasteiger partial charge in [0.15, 0.2) is 0 Å². The first-order valence-electron chi connectivity index (χ1n) is 9.35. The molecule has 0 saturated carbocycles. The maximum absolute atomic E-state index is 12.9. The first kappa shape index (κ1) is 19.3. The Morgan fingerprint density at radius 2 is 1.50 bits per heavy atom. The van der Waals surface area contributed by atoms with Crippen LogP contribution in [0.4, 0.5) is 0 Å². The monoisotopic (exact) mass is 379 g/mol. The molecule has 2 aliphatic heterocycles. The van der Waals surface area contributed by atoms with E-state index in [4.69, 9.17) is 0 Å². The highest BCUT2D eigenvalue weighted by atomic mass is 32.2. The molecule has 26 heavy (non-hydrogen) atoms. The summed E-state index contributed by atoms with van der Waals surface area (Å²) in [6, 6.07) is 6.43. The van der Waals surface area contributed by atoms with Crippen LogP contribution in [0.1, 0.15) is 30.6 Å². The molecule has 2 aliphatic rings. The number of hydrogen-bond acceptors (Lipinski definition) is 4. The molecule has 0 N–H and O–H groups in total. The van der Waals surface area contributed by atoms with Crippen LogP contribution in [0, 0.1) is 11.8 Å². The second kappa shape index (κ2) is 7.66. The Bertz CT molecular complexity index is 730. The molecule has 144 valence electrons. The molecule has 0 aliphatic carbocycles. The fraction of sp³-hybridized carbons (Fsp3) is 0.632. The van der Waals surface area contributed by atoms with Crippen LogP contribution in [0.2, 0.25) is 0 Å². The number of nitrogens with zero attached hydrogens (tertiary/aromatic N) is 3. The third kappa shape index (κ3) is 4.10. The van der Waals surface area contributed by atoms with Crippen molar-refractivity contribution in [1.82, 2.24) is 14.1 Å². The summed E-state index contributed by atoms with van der Waals surface area (Å²) in [5.41, 5.74) is 0.550. The van der Waals surface area contributed by atoms with E-state index in [1.807, 2.05) is 11.9 Å². The molecule has 0 bridgehead atoms. The van der Waals surface area contributed by atoms with Gasteiger partial charge in [0.1, 0.15) is 0 Å². The van der Waals surface area contributed by atoms with Gasteiger partial charge < -0.3 is 9.80 Å². The molecule has 0 spiro atoms. The number of sulfonamides is 1. The highest BCUT2D eigenvalue weighted by Gasteiger charge is 2.31. The predicted octanol–water partition coefficient (Wildman–Crippen LogP) is 1.74. The summed E-state index contributed by atoms with van der Waals surface area (Å²) in [6.07, 6.45) is 1.06. The molecular weight excluding hydrogens is 350 g/mol. The summed E-state index contributed by atoms with van der Waals surface area (Å²) < 4.78 is 27.4. The maximum atomic E-state index is 12.9. The van der Waals surface area contributed by atoms with Gasteiger partial charge in [0.05, 0.1) is 4.90 Å². The Hall–Kier alpha value is -1.44. The van der Waals surface area contributed by atoms with Crippen LogP contribution >= 0.6 is 0 Å². The van der Waals surface area contributed by atoms with E-state index in [-0.39, 0.29) is 10.8 Å². The summed E-state index contributed by atoms with van der Waals surface area (Å²) in [7, 11) is -1.46.